The van der Waals surface area contributed by atoms with Gasteiger partial charge < -0.3 is 10.2 Å². The van der Waals surface area contributed by atoms with Crippen LogP contribution in [0.2, 0.25) is 0 Å². The Morgan fingerprint density at radius 2 is 2.19 bits per heavy atom. The molecule has 0 radical (unpaired) electrons. The summed E-state index contributed by atoms with van der Waals surface area (Å²) >= 11 is 0. The molecule has 1 heterocycles. The second-order valence-electron chi connectivity index (χ2n) is 6.05. The Balaban J connectivity index is 2.13. The van der Waals surface area contributed by atoms with Crippen LogP contribution in [0.1, 0.15) is 37.3 Å². The minimum absolute atomic E-state index is 0.0123. The zero-order valence-electron chi connectivity index (χ0n) is 12.6. The molecule has 1 aliphatic heterocycles. The van der Waals surface area contributed by atoms with E-state index < -0.39 is 11.5 Å². The Labute approximate surface area is 126 Å². The first-order valence-corrected chi connectivity index (χ1v) is 7.64. The normalized spacial score (nSPS) is 26.5. The molecule has 4 nitrogen and oxygen atoms in total. The van der Waals surface area contributed by atoms with Gasteiger partial charge in [0.25, 0.3) is 0 Å². The molecule has 1 aromatic carbocycles. The van der Waals surface area contributed by atoms with Crippen molar-refractivity contribution in [3.05, 3.63) is 35.4 Å². The third kappa shape index (κ3) is 3.44. The van der Waals surface area contributed by atoms with Crippen molar-refractivity contribution < 1.29 is 10.2 Å². The summed E-state index contributed by atoms with van der Waals surface area (Å²) in [4.78, 5) is 2.24. The predicted octanol–water partition coefficient (Wildman–Crippen LogP) is 1.90. The van der Waals surface area contributed by atoms with Gasteiger partial charge in [0.05, 0.1) is 24.3 Å². The highest BCUT2D eigenvalue weighted by Gasteiger charge is 2.41. The molecule has 0 spiro atoms. The molecule has 0 amide bonds. The molecule has 0 aromatic heterocycles. The largest absolute Gasteiger partial charge is 0.396 e. The summed E-state index contributed by atoms with van der Waals surface area (Å²) < 4.78 is 0. The van der Waals surface area contributed by atoms with Crippen LogP contribution in [0.25, 0.3) is 0 Å². The standard InChI is InChI=1S/C17H24N2O2/c1-2-8-17(13-20)12-19(9-7-16(17)21)11-15-6-4-3-5-14(15)10-18/h3-6,16,20-21H,2,7-9,11-13H2,1H3/t16-,17-/m0/s1. The van der Waals surface area contributed by atoms with Gasteiger partial charge in [-0.05, 0) is 24.5 Å². The monoisotopic (exact) mass is 288 g/mol. The van der Waals surface area contributed by atoms with Crippen LogP contribution in [0.5, 0.6) is 0 Å². The van der Waals surface area contributed by atoms with E-state index in [2.05, 4.69) is 17.9 Å². The van der Waals surface area contributed by atoms with Crippen LogP contribution >= 0.6 is 0 Å². The van der Waals surface area contributed by atoms with E-state index in [-0.39, 0.29) is 6.61 Å². The van der Waals surface area contributed by atoms with Gasteiger partial charge in [-0.25, -0.2) is 0 Å². The highest BCUT2D eigenvalue weighted by molar-refractivity contribution is 5.37. The summed E-state index contributed by atoms with van der Waals surface area (Å²) in [6.07, 6.45) is 2.00. The first-order chi connectivity index (χ1) is 10.1. The van der Waals surface area contributed by atoms with E-state index in [1.54, 1.807) is 0 Å². The van der Waals surface area contributed by atoms with Gasteiger partial charge in [0.15, 0.2) is 0 Å². The number of aliphatic hydroxyl groups excluding tert-OH is 2. The summed E-state index contributed by atoms with van der Waals surface area (Å²) in [5, 5.41) is 29.3. The number of hydrogen-bond donors (Lipinski definition) is 2. The second-order valence-corrected chi connectivity index (χ2v) is 6.05. The van der Waals surface area contributed by atoms with Gasteiger partial charge in [-0.3, -0.25) is 4.90 Å². The van der Waals surface area contributed by atoms with Crippen LogP contribution in [0.3, 0.4) is 0 Å². The molecule has 2 rings (SSSR count). The molecule has 2 atom stereocenters. The molecule has 2 N–H and O–H groups in total. The molecule has 1 fully saturated rings. The van der Waals surface area contributed by atoms with Crippen LogP contribution in [0.4, 0.5) is 0 Å². The van der Waals surface area contributed by atoms with Crippen molar-refractivity contribution in [2.24, 2.45) is 5.41 Å². The van der Waals surface area contributed by atoms with Crippen LogP contribution < -0.4 is 0 Å². The number of nitrogens with zero attached hydrogens (tertiary/aromatic N) is 2. The average molecular weight is 288 g/mol. The smallest absolute Gasteiger partial charge is 0.0995 e. The number of likely N-dealkylation sites (tertiary alicyclic amines) is 1. The van der Waals surface area contributed by atoms with Crippen LogP contribution in [0.15, 0.2) is 24.3 Å². The molecule has 1 aromatic rings. The van der Waals surface area contributed by atoms with Gasteiger partial charge in [0, 0.05) is 25.0 Å². The summed E-state index contributed by atoms with van der Waals surface area (Å²) in [7, 11) is 0. The van der Waals surface area contributed by atoms with E-state index in [4.69, 9.17) is 0 Å². The van der Waals surface area contributed by atoms with Crippen LogP contribution in [-0.2, 0) is 6.54 Å². The van der Waals surface area contributed by atoms with Gasteiger partial charge in [-0.2, -0.15) is 5.26 Å². The average Bonchev–Trinajstić information content (AvgIpc) is 2.51. The van der Waals surface area contributed by atoms with Crippen molar-refractivity contribution in [3.8, 4) is 6.07 Å². The van der Waals surface area contributed by atoms with Crippen molar-refractivity contribution >= 4 is 0 Å². The first-order valence-electron chi connectivity index (χ1n) is 7.64. The Kier molecular flexibility index (Phi) is 5.35. The molecular weight excluding hydrogens is 264 g/mol. The number of benzene rings is 1. The minimum Gasteiger partial charge on any atom is -0.396 e. The highest BCUT2D eigenvalue weighted by atomic mass is 16.3. The zero-order chi connectivity index (χ0) is 15.3. The van der Waals surface area contributed by atoms with Crippen molar-refractivity contribution in [2.75, 3.05) is 19.7 Å². The topological polar surface area (TPSA) is 67.5 Å². The summed E-state index contributed by atoms with van der Waals surface area (Å²) in [5.74, 6) is 0. The van der Waals surface area contributed by atoms with E-state index in [0.717, 1.165) is 24.9 Å². The molecule has 0 bridgehead atoms. The fourth-order valence-corrected chi connectivity index (χ4v) is 3.36. The molecule has 21 heavy (non-hydrogen) atoms. The summed E-state index contributed by atoms with van der Waals surface area (Å²) in [6, 6.07) is 9.85. The van der Waals surface area contributed by atoms with E-state index >= 15 is 0 Å². The van der Waals surface area contributed by atoms with Crippen LogP contribution in [-0.4, -0.2) is 40.9 Å². The second kappa shape index (κ2) is 7.04. The third-order valence-electron chi connectivity index (χ3n) is 4.56. The summed E-state index contributed by atoms with van der Waals surface area (Å²) in [6.45, 7) is 4.26. The molecule has 4 heteroatoms. The lowest BCUT2D eigenvalue weighted by Gasteiger charge is -2.45. The lowest BCUT2D eigenvalue weighted by Crippen LogP contribution is -2.53. The van der Waals surface area contributed by atoms with Gasteiger partial charge >= 0.3 is 0 Å². The number of aliphatic hydroxyl groups is 2. The van der Waals surface area contributed by atoms with Crippen LogP contribution in [0, 0.1) is 16.7 Å². The quantitative estimate of drug-likeness (QED) is 0.868. The fourth-order valence-electron chi connectivity index (χ4n) is 3.36. The van der Waals surface area contributed by atoms with Gasteiger partial charge in [-0.1, -0.05) is 31.5 Å². The Bertz CT molecular complexity index is 512. The van der Waals surface area contributed by atoms with Crippen molar-refractivity contribution in [1.29, 1.82) is 5.26 Å². The van der Waals surface area contributed by atoms with E-state index in [0.29, 0.717) is 25.1 Å². The number of hydrogen-bond acceptors (Lipinski definition) is 4. The third-order valence-corrected chi connectivity index (χ3v) is 4.56. The van der Waals surface area contributed by atoms with Gasteiger partial charge in [0.2, 0.25) is 0 Å². The molecule has 1 aliphatic rings. The van der Waals surface area contributed by atoms with Crippen molar-refractivity contribution in [1.82, 2.24) is 4.90 Å². The molecule has 0 unspecified atom stereocenters. The van der Waals surface area contributed by atoms with E-state index in [1.807, 2.05) is 24.3 Å². The number of rotatable bonds is 5. The Morgan fingerprint density at radius 3 is 2.86 bits per heavy atom. The molecule has 0 aliphatic carbocycles. The zero-order valence-corrected chi connectivity index (χ0v) is 12.6. The number of nitriles is 1. The lowest BCUT2D eigenvalue weighted by atomic mass is 9.74. The Morgan fingerprint density at radius 1 is 1.43 bits per heavy atom. The molecular formula is C17H24N2O2. The predicted molar refractivity (Wildman–Crippen MR) is 81.5 cm³/mol. The maximum absolute atomic E-state index is 10.3. The first kappa shape index (κ1) is 16.0. The Hall–Kier alpha value is -1.41. The van der Waals surface area contributed by atoms with E-state index in [1.165, 1.54) is 0 Å². The maximum atomic E-state index is 10.3. The van der Waals surface area contributed by atoms with E-state index in [9.17, 15) is 15.5 Å². The van der Waals surface area contributed by atoms with Crippen molar-refractivity contribution in [3.63, 3.8) is 0 Å². The maximum Gasteiger partial charge on any atom is 0.0995 e. The SMILES string of the molecule is CCC[C@@]1(CO)CN(Cc2ccccc2C#N)CC[C@@H]1O. The number of piperidine rings is 1. The highest BCUT2D eigenvalue weighted by Crippen LogP contribution is 2.35. The summed E-state index contributed by atoms with van der Waals surface area (Å²) in [5.41, 5.74) is 1.29. The minimum atomic E-state index is -0.440. The molecule has 114 valence electrons. The lowest BCUT2D eigenvalue weighted by molar-refractivity contribution is -0.0819. The van der Waals surface area contributed by atoms with Gasteiger partial charge in [-0.15, -0.1) is 0 Å². The van der Waals surface area contributed by atoms with Gasteiger partial charge in [0.1, 0.15) is 0 Å². The molecule has 1 saturated heterocycles. The molecule has 0 saturated carbocycles. The van der Waals surface area contributed by atoms with Crippen molar-refractivity contribution in [2.45, 2.75) is 38.8 Å². The fraction of sp³-hybridized carbons (Fsp3) is 0.588.